The average molecular weight is 679 g/mol. The summed E-state index contributed by atoms with van der Waals surface area (Å²) in [6, 6.07) is 61.0. The van der Waals surface area contributed by atoms with Gasteiger partial charge in [-0.1, -0.05) is 147 Å². The van der Waals surface area contributed by atoms with E-state index in [9.17, 15) is 0 Å². The first-order valence-electron chi connectivity index (χ1n) is 18.3. The predicted molar refractivity (Wildman–Crippen MR) is 219 cm³/mol. The Bertz CT molecular complexity index is 3080. The van der Waals surface area contributed by atoms with E-state index in [0.29, 0.717) is 0 Å². The van der Waals surface area contributed by atoms with Crippen LogP contribution >= 0.6 is 0 Å². The molecule has 4 heteroatoms. The SMILES string of the molecule is CC1(C)c2ccccc2-c2nc(-c3ccccc3)nc(-c3cccc(-n4c5ccccc5c5ccc6c7ccccc7n(-c7ccccc7)c6c54)c3)c21. The van der Waals surface area contributed by atoms with Gasteiger partial charge < -0.3 is 9.13 Å². The Hall–Kier alpha value is -6.78. The third-order valence-electron chi connectivity index (χ3n) is 11.3. The average Bonchev–Trinajstić information content (AvgIpc) is 3.82. The fraction of sp³-hybridized carbons (Fsp3) is 0.0612. The predicted octanol–water partition coefficient (Wildman–Crippen LogP) is 12.3. The zero-order valence-corrected chi connectivity index (χ0v) is 29.5. The van der Waals surface area contributed by atoms with Gasteiger partial charge in [0, 0.05) is 60.6 Å². The molecule has 250 valence electrons. The van der Waals surface area contributed by atoms with Crippen LogP contribution in [0.2, 0.25) is 0 Å². The first kappa shape index (κ1) is 29.9. The molecular weight excluding hydrogens is 645 g/mol. The summed E-state index contributed by atoms with van der Waals surface area (Å²) in [5.41, 5.74) is 14.4. The van der Waals surface area contributed by atoms with Crippen molar-refractivity contribution in [1.82, 2.24) is 19.1 Å². The lowest BCUT2D eigenvalue weighted by molar-refractivity contribution is 0.658. The molecule has 0 bridgehead atoms. The quantitative estimate of drug-likeness (QED) is 0.186. The standard InChI is InChI=1S/C49H34N4/c1-49(2)40-25-12-9-24-39(40)45-43(49)44(50-48(51-45)31-16-5-3-6-17-31)32-18-15-21-34(30-32)53-42-27-14-11-23-36(42)38-29-28-37-35-22-10-13-26-41(35)52(46(37)47(38)53)33-19-7-4-8-20-33/h3-30H,1-2H3. The molecule has 0 amide bonds. The number of hydrogen-bond acceptors (Lipinski definition) is 2. The molecule has 53 heavy (non-hydrogen) atoms. The van der Waals surface area contributed by atoms with Gasteiger partial charge in [0.15, 0.2) is 5.82 Å². The van der Waals surface area contributed by atoms with Gasteiger partial charge in [0.25, 0.3) is 0 Å². The van der Waals surface area contributed by atoms with Crippen molar-refractivity contribution >= 4 is 43.6 Å². The van der Waals surface area contributed by atoms with E-state index < -0.39 is 0 Å². The van der Waals surface area contributed by atoms with Crippen LogP contribution < -0.4 is 0 Å². The Labute approximate surface area is 307 Å². The second-order valence-corrected chi connectivity index (χ2v) is 14.6. The van der Waals surface area contributed by atoms with Gasteiger partial charge in [-0.15, -0.1) is 0 Å². The fourth-order valence-electron chi connectivity index (χ4n) is 8.95. The molecule has 7 aromatic carbocycles. The molecule has 0 radical (unpaired) electrons. The molecule has 0 saturated carbocycles. The summed E-state index contributed by atoms with van der Waals surface area (Å²) >= 11 is 0. The van der Waals surface area contributed by atoms with E-state index in [-0.39, 0.29) is 5.41 Å². The van der Waals surface area contributed by atoms with Crippen molar-refractivity contribution in [3.05, 3.63) is 181 Å². The maximum Gasteiger partial charge on any atom is 0.160 e. The Morgan fingerprint density at radius 2 is 0.962 bits per heavy atom. The Balaban J connectivity index is 1.24. The van der Waals surface area contributed by atoms with Crippen LogP contribution in [0, 0.1) is 0 Å². The van der Waals surface area contributed by atoms with Crippen molar-refractivity contribution in [2.45, 2.75) is 19.3 Å². The van der Waals surface area contributed by atoms with E-state index in [1.165, 1.54) is 60.3 Å². The molecule has 11 rings (SSSR count). The monoisotopic (exact) mass is 678 g/mol. The highest BCUT2D eigenvalue weighted by molar-refractivity contribution is 6.23. The lowest BCUT2D eigenvalue weighted by Crippen LogP contribution is -2.17. The van der Waals surface area contributed by atoms with E-state index in [4.69, 9.17) is 9.97 Å². The van der Waals surface area contributed by atoms with Gasteiger partial charge in [-0.25, -0.2) is 9.97 Å². The first-order valence-corrected chi connectivity index (χ1v) is 18.3. The molecule has 0 N–H and O–H groups in total. The van der Waals surface area contributed by atoms with Crippen molar-refractivity contribution in [3.63, 3.8) is 0 Å². The smallest absolute Gasteiger partial charge is 0.160 e. The van der Waals surface area contributed by atoms with Crippen molar-refractivity contribution in [3.8, 4) is 45.3 Å². The van der Waals surface area contributed by atoms with E-state index in [2.05, 4.69) is 187 Å². The van der Waals surface area contributed by atoms with E-state index >= 15 is 0 Å². The van der Waals surface area contributed by atoms with Crippen molar-refractivity contribution in [2.75, 3.05) is 0 Å². The number of rotatable bonds is 4. The molecule has 1 aliphatic rings. The molecule has 0 saturated heterocycles. The van der Waals surface area contributed by atoms with Crippen LogP contribution in [0.4, 0.5) is 0 Å². The Morgan fingerprint density at radius 3 is 1.66 bits per heavy atom. The van der Waals surface area contributed by atoms with Gasteiger partial charge in [0.1, 0.15) is 0 Å². The summed E-state index contributed by atoms with van der Waals surface area (Å²) in [5, 5.41) is 4.93. The van der Waals surface area contributed by atoms with Gasteiger partial charge in [-0.3, -0.25) is 0 Å². The molecule has 3 heterocycles. The van der Waals surface area contributed by atoms with Crippen LogP contribution in [0.1, 0.15) is 25.0 Å². The number of fused-ring (bicyclic) bond motifs is 10. The van der Waals surface area contributed by atoms with Gasteiger partial charge in [-0.05, 0) is 42.0 Å². The van der Waals surface area contributed by atoms with E-state index in [1.807, 2.05) is 6.07 Å². The Kier molecular flexibility index (Phi) is 6.27. The molecule has 0 aliphatic heterocycles. The Morgan fingerprint density at radius 1 is 0.434 bits per heavy atom. The molecule has 0 atom stereocenters. The minimum absolute atomic E-state index is 0.276. The molecule has 0 fully saturated rings. The molecule has 1 aliphatic carbocycles. The summed E-state index contributed by atoms with van der Waals surface area (Å²) in [6.45, 7) is 4.62. The zero-order chi connectivity index (χ0) is 35.3. The van der Waals surface area contributed by atoms with Crippen LogP contribution in [-0.4, -0.2) is 19.1 Å². The number of benzene rings is 7. The largest absolute Gasteiger partial charge is 0.307 e. The molecule has 0 spiro atoms. The highest BCUT2D eigenvalue weighted by Crippen LogP contribution is 2.51. The maximum atomic E-state index is 5.42. The number of nitrogens with zero attached hydrogens (tertiary/aromatic N) is 4. The van der Waals surface area contributed by atoms with Crippen LogP contribution in [0.25, 0.3) is 88.9 Å². The summed E-state index contributed by atoms with van der Waals surface area (Å²) < 4.78 is 4.91. The minimum Gasteiger partial charge on any atom is -0.307 e. The second-order valence-electron chi connectivity index (χ2n) is 14.6. The highest BCUT2D eigenvalue weighted by atomic mass is 15.0. The van der Waals surface area contributed by atoms with Crippen molar-refractivity contribution in [2.24, 2.45) is 0 Å². The molecule has 4 nitrogen and oxygen atoms in total. The molecular formula is C49H34N4. The van der Waals surface area contributed by atoms with Gasteiger partial charge in [0.05, 0.1) is 33.5 Å². The maximum absolute atomic E-state index is 5.42. The van der Waals surface area contributed by atoms with Gasteiger partial charge >= 0.3 is 0 Å². The third kappa shape index (κ3) is 4.24. The van der Waals surface area contributed by atoms with E-state index in [0.717, 1.165) is 39.7 Å². The topological polar surface area (TPSA) is 35.6 Å². The lowest BCUT2D eigenvalue weighted by Gasteiger charge is -2.24. The third-order valence-corrected chi connectivity index (χ3v) is 11.3. The highest BCUT2D eigenvalue weighted by Gasteiger charge is 2.40. The lowest BCUT2D eigenvalue weighted by atomic mass is 9.81. The minimum atomic E-state index is -0.276. The number of hydrogen-bond donors (Lipinski definition) is 0. The number of para-hydroxylation sites is 3. The van der Waals surface area contributed by atoms with Crippen molar-refractivity contribution in [1.29, 1.82) is 0 Å². The van der Waals surface area contributed by atoms with Gasteiger partial charge in [-0.2, -0.15) is 0 Å². The van der Waals surface area contributed by atoms with Crippen LogP contribution in [-0.2, 0) is 5.41 Å². The first-order chi connectivity index (χ1) is 26.1. The van der Waals surface area contributed by atoms with E-state index in [1.54, 1.807) is 0 Å². The zero-order valence-electron chi connectivity index (χ0n) is 29.5. The fourth-order valence-corrected chi connectivity index (χ4v) is 8.95. The van der Waals surface area contributed by atoms with Crippen LogP contribution in [0.3, 0.4) is 0 Å². The molecule has 10 aromatic rings. The van der Waals surface area contributed by atoms with Crippen molar-refractivity contribution < 1.29 is 0 Å². The summed E-state index contributed by atoms with van der Waals surface area (Å²) in [6.07, 6.45) is 0. The second kappa shape index (κ2) is 11.1. The molecule has 3 aromatic heterocycles. The molecule has 0 unspecified atom stereocenters. The summed E-state index contributed by atoms with van der Waals surface area (Å²) in [5.74, 6) is 0.739. The summed E-state index contributed by atoms with van der Waals surface area (Å²) in [4.78, 5) is 10.7. The van der Waals surface area contributed by atoms with Crippen LogP contribution in [0.5, 0.6) is 0 Å². The normalized spacial score (nSPS) is 13.2. The van der Waals surface area contributed by atoms with Gasteiger partial charge in [0.2, 0.25) is 0 Å². The van der Waals surface area contributed by atoms with Crippen LogP contribution in [0.15, 0.2) is 170 Å². The summed E-state index contributed by atoms with van der Waals surface area (Å²) in [7, 11) is 0. The number of aromatic nitrogens is 4.